The van der Waals surface area contributed by atoms with E-state index in [2.05, 4.69) is 36.0 Å². The molecule has 2 N–H and O–H groups in total. The lowest BCUT2D eigenvalue weighted by Gasteiger charge is -2.60. The van der Waals surface area contributed by atoms with Gasteiger partial charge in [-0.15, -0.1) is 0 Å². The lowest BCUT2D eigenvalue weighted by Crippen LogP contribution is -2.73. The van der Waals surface area contributed by atoms with Crippen molar-refractivity contribution < 1.29 is 9.84 Å². The molecule has 0 radical (unpaired) electrons. The summed E-state index contributed by atoms with van der Waals surface area (Å²) in [6, 6.07) is 2.12. The van der Waals surface area contributed by atoms with E-state index in [-0.39, 0.29) is 23.7 Å². The number of ether oxygens (including phenoxy) is 1. The fourth-order valence-corrected chi connectivity index (χ4v) is 3.44. The normalized spacial score (nSPS) is 30.1. The fourth-order valence-electron chi connectivity index (χ4n) is 2.77. The lowest BCUT2D eigenvalue weighted by molar-refractivity contribution is -0.177. The average molecular weight is 269 g/mol. The van der Waals surface area contributed by atoms with Gasteiger partial charge in [-0.25, -0.2) is 0 Å². The van der Waals surface area contributed by atoms with Crippen molar-refractivity contribution >= 4 is 11.3 Å². The van der Waals surface area contributed by atoms with Crippen molar-refractivity contribution in [2.24, 2.45) is 5.41 Å². The molecule has 0 saturated heterocycles. The van der Waals surface area contributed by atoms with Crippen LogP contribution in [0.3, 0.4) is 0 Å². The molecule has 0 amide bonds. The lowest BCUT2D eigenvalue weighted by atomic mass is 9.54. The Morgan fingerprint density at radius 3 is 2.83 bits per heavy atom. The summed E-state index contributed by atoms with van der Waals surface area (Å²) in [6.45, 7) is 8.08. The minimum Gasteiger partial charge on any atom is -0.394 e. The molecule has 0 spiro atoms. The quantitative estimate of drug-likeness (QED) is 0.833. The van der Waals surface area contributed by atoms with Crippen LogP contribution in [0.2, 0.25) is 0 Å². The van der Waals surface area contributed by atoms with Crippen LogP contribution in [0.25, 0.3) is 0 Å². The molecule has 1 aromatic heterocycles. The van der Waals surface area contributed by atoms with Gasteiger partial charge < -0.3 is 15.2 Å². The molecular weight excluding hydrogens is 246 g/mol. The van der Waals surface area contributed by atoms with Gasteiger partial charge in [0.2, 0.25) is 0 Å². The van der Waals surface area contributed by atoms with E-state index in [0.717, 1.165) is 19.6 Å². The van der Waals surface area contributed by atoms with Crippen molar-refractivity contribution in [3.05, 3.63) is 22.4 Å². The smallest absolute Gasteiger partial charge is 0.0663 e. The number of aliphatic hydroxyl groups is 1. The number of hydrogen-bond donors (Lipinski definition) is 2. The Labute approximate surface area is 113 Å². The van der Waals surface area contributed by atoms with Gasteiger partial charge in [0.25, 0.3) is 0 Å². The molecule has 1 saturated carbocycles. The molecule has 0 bridgehead atoms. The molecule has 3 nitrogen and oxygen atoms in total. The van der Waals surface area contributed by atoms with Crippen molar-refractivity contribution in [1.29, 1.82) is 0 Å². The van der Waals surface area contributed by atoms with Crippen LogP contribution in [0.15, 0.2) is 16.8 Å². The third-order valence-electron chi connectivity index (χ3n) is 4.42. The number of thiophene rings is 1. The Morgan fingerprint density at radius 2 is 2.33 bits per heavy atom. The summed E-state index contributed by atoms with van der Waals surface area (Å²) in [7, 11) is 0. The summed E-state index contributed by atoms with van der Waals surface area (Å²) in [4.78, 5) is 0. The van der Waals surface area contributed by atoms with Gasteiger partial charge in [-0.3, -0.25) is 0 Å². The van der Waals surface area contributed by atoms with Gasteiger partial charge in [0, 0.05) is 18.6 Å². The SMILES string of the molecule is CCOC1CC(CO)(NCc2ccsc2)C1(C)C. The standard InChI is InChI=1S/C14H23NO2S/c1-4-17-12-7-14(10-16,13(12,2)3)15-8-11-5-6-18-9-11/h5-6,9,12,15-16H,4,7-8,10H2,1-3H3. The Kier molecular flexibility index (Phi) is 4.11. The highest BCUT2D eigenvalue weighted by Gasteiger charge is 2.60. The van der Waals surface area contributed by atoms with Gasteiger partial charge in [0.15, 0.2) is 0 Å². The summed E-state index contributed by atoms with van der Waals surface area (Å²) < 4.78 is 5.74. The molecule has 0 aromatic carbocycles. The van der Waals surface area contributed by atoms with Gasteiger partial charge in [-0.1, -0.05) is 13.8 Å². The topological polar surface area (TPSA) is 41.5 Å². The molecule has 1 heterocycles. The molecule has 4 heteroatoms. The summed E-state index contributed by atoms with van der Waals surface area (Å²) in [5.74, 6) is 0. The van der Waals surface area contributed by atoms with E-state index in [1.165, 1.54) is 5.56 Å². The van der Waals surface area contributed by atoms with Gasteiger partial charge in [0.05, 0.1) is 18.2 Å². The molecule has 0 aliphatic heterocycles. The monoisotopic (exact) mass is 269 g/mol. The molecular formula is C14H23NO2S. The van der Waals surface area contributed by atoms with E-state index in [1.807, 2.05) is 6.92 Å². The number of nitrogens with one attached hydrogen (secondary N) is 1. The first-order valence-electron chi connectivity index (χ1n) is 6.54. The maximum absolute atomic E-state index is 9.77. The zero-order valence-corrected chi connectivity index (χ0v) is 12.2. The zero-order chi connectivity index (χ0) is 13.2. The maximum atomic E-state index is 9.77. The Morgan fingerprint density at radius 1 is 1.56 bits per heavy atom. The first kappa shape index (κ1) is 14.0. The number of rotatable bonds is 6. The zero-order valence-electron chi connectivity index (χ0n) is 11.4. The predicted molar refractivity (Wildman–Crippen MR) is 74.8 cm³/mol. The second kappa shape index (κ2) is 5.29. The van der Waals surface area contributed by atoms with E-state index in [4.69, 9.17) is 4.74 Å². The van der Waals surface area contributed by atoms with E-state index in [1.54, 1.807) is 11.3 Å². The van der Waals surface area contributed by atoms with Crippen LogP contribution in [-0.2, 0) is 11.3 Å². The molecule has 102 valence electrons. The van der Waals surface area contributed by atoms with E-state index in [9.17, 15) is 5.11 Å². The first-order chi connectivity index (χ1) is 8.55. The van der Waals surface area contributed by atoms with Crippen LogP contribution in [0, 0.1) is 5.41 Å². The molecule has 1 aliphatic rings. The molecule has 2 rings (SSSR count). The van der Waals surface area contributed by atoms with Gasteiger partial charge >= 0.3 is 0 Å². The third kappa shape index (κ3) is 2.23. The number of aliphatic hydroxyl groups excluding tert-OH is 1. The highest BCUT2D eigenvalue weighted by Crippen LogP contribution is 2.51. The predicted octanol–water partition coefficient (Wildman–Crippen LogP) is 2.40. The largest absolute Gasteiger partial charge is 0.394 e. The van der Waals surface area contributed by atoms with Crippen LogP contribution < -0.4 is 5.32 Å². The van der Waals surface area contributed by atoms with Crippen LogP contribution in [0.5, 0.6) is 0 Å². The summed E-state index contributed by atoms with van der Waals surface area (Å²) in [5.41, 5.74) is 1.03. The van der Waals surface area contributed by atoms with Crippen molar-refractivity contribution in [3.8, 4) is 0 Å². The molecule has 2 unspecified atom stereocenters. The van der Waals surface area contributed by atoms with Gasteiger partial charge in [-0.05, 0) is 35.7 Å². The van der Waals surface area contributed by atoms with Crippen molar-refractivity contribution in [3.63, 3.8) is 0 Å². The highest BCUT2D eigenvalue weighted by molar-refractivity contribution is 7.07. The molecule has 18 heavy (non-hydrogen) atoms. The van der Waals surface area contributed by atoms with E-state index < -0.39 is 0 Å². The molecule has 1 aliphatic carbocycles. The van der Waals surface area contributed by atoms with Crippen LogP contribution in [-0.4, -0.2) is 30.0 Å². The Bertz CT molecular complexity index is 377. The van der Waals surface area contributed by atoms with E-state index >= 15 is 0 Å². The minimum absolute atomic E-state index is 0.0339. The highest BCUT2D eigenvalue weighted by atomic mass is 32.1. The van der Waals surface area contributed by atoms with Crippen molar-refractivity contribution in [2.45, 2.75) is 45.4 Å². The summed E-state index contributed by atoms with van der Waals surface area (Å²) in [6.07, 6.45) is 1.12. The Balaban J connectivity index is 2.00. The minimum atomic E-state index is -0.214. The molecule has 1 aromatic rings. The van der Waals surface area contributed by atoms with E-state index in [0.29, 0.717) is 0 Å². The summed E-state index contributed by atoms with van der Waals surface area (Å²) in [5, 5.41) is 17.5. The van der Waals surface area contributed by atoms with Crippen LogP contribution in [0.1, 0.15) is 32.8 Å². The van der Waals surface area contributed by atoms with Crippen molar-refractivity contribution in [2.75, 3.05) is 13.2 Å². The summed E-state index contributed by atoms with van der Waals surface area (Å²) >= 11 is 1.70. The first-order valence-corrected chi connectivity index (χ1v) is 7.48. The van der Waals surface area contributed by atoms with Crippen LogP contribution >= 0.6 is 11.3 Å². The second-order valence-corrected chi connectivity index (χ2v) is 6.38. The van der Waals surface area contributed by atoms with Gasteiger partial charge in [-0.2, -0.15) is 11.3 Å². The Hall–Kier alpha value is -0.420. The van der Waals surface area contributed by atoms with Gasteiger partial charge in [0.1, 0.15) is 0 Å². The number of hydrogen-bond acceptors (Lipinski definition) is 4. The molecule has 2 atom stereocenters. The van der Waals surface area contributed by atoms with Crippen LogP contribution in [0.4, 0.5) is 0 Å². The third-order valence-corrected chi connectivity index (χ3v) is 5.15. The fraction of sp³-hybridized carbons (Fsp3) is 0.714. The average Bonchev–Trinajstić information content (AvgIpc) is 2.86. The molecule has 1 fully saturated rings. The van der Waals surface area contributed by atoms with Crippen molar-refractivity contribution in [1.82, 2.24) is 5.32 Å². The second-order valence-electron chi connectivity index (χ2n) is 5.60. The maximum Gasteiger partial charge on any atom is 0.0663 e.